The van der Waals surface area contributed by atoms with E-state index in [-0.39, 0.29) is 22.6 Å². The summed E-state index contributed by atoms with van der Waals surface area (Å²) in [5.74, 6) is -1.53. The minimum Gasteiger partial charge on any atom is -0.468 e. The zero-order valence-electron chi connectivity index (χ0n) is 17.0. The minimum atomic E-state index is -3.86. The number of sulfone groups is 1. The Morgan fingerprint density at radius 3 is 2.17 bits per heavy atom. The van der Waals surface area contributed by atoms with Gasteiger partial charge < -0.3 is 9.47 Å². The lowest BCUT2D eigenvalue weighted by Gasteiger charge is -2.41. The average Bonchev–Trinajstić information content (AvgIpc) is 2.73. The van der Waals surface area contributed by atoms with Crippen LogP contribution in [0.5, 0.6) is 0 Å². The third-order valence-electron chi connectivity index (χ3n) is 5.82. The first-order valence-corrected chi connectivity index (χ1v) is 11.2. The lowest BCUT2D eigenvalue weighted by Crippen LogP contribution is -2.46. The summed E-state index contributed by atoms with van der Waals surface area (Å²) in [6.07, 6.45) is 3.25. The quantitative estimate of drug-likeness (QED) is 0.495. The summed E-state index contributed by atoms with van der Waals surface area (Å²) >= 11 is 0. The second-order valence-electron chi connectivity index (χ2n) is 7.50. The molecule has 1 aromatic rings. The molecular weight excluding hydrogens is 392 g/mol. The number of hydrogen-bond donors (Lipinski definition) is 0. The number of benzene rings is 1. The lowest BCUT2D eigenvalue weighted by molar-refractivity contribution is -0.169. The van der Waals surface area contributed by atoms with E-state index in [1.54, 1.807) is 18.2 Å². The maximum atomic E-state index is 13.4. The molecule has 0 atom stereocenters. The van der Waals surface area contributed by atoms with Gasteiger partial charge in [0.25, 0.3) is 0 Å². The van der Waals surface area contributed by atoms with Crippen LogP contribution in [0.25, 0.3) is 0 Å². The molecule has 3 rings (SSSR count). The first-order valence-electron chi connectivity index (χ1n) is 9.72. The number of hydrogen-bond acceptors (Lipinski definition) is 6. The number of unbranched alkanes of at least 4 members (excludes halogenated alkanes) is 1. The summed E-state index contributed by atoms with van der Waals surface area (Å²) in [7, 11) is -1.46. The van der Waals surface area contributed by atoms with Crippen LogP contribution >= 0.6 is 0 Å². The molecule has 0 saturated heterocycles. The van der Waals surface area contributed by atoms with Crippen LogP contribution in [-0.2, 0) is 28.9 Å². The van der Waals surface area contributed by atoms with Crippen molar-refractivity contribution in [3.05, 3.63) is 52.0 Å². The SMILES string of the molecule is CCCCC1=C2CC(C(=O)OC)(C(=O)OC)CC(S(=O)(=O)c3ccccc3)=C2C1. The van der Waals surface area contributed by atoms with Gasteiger partial charge in [0, 0.05) is 6.42 Å². The van der Waals surface area contributed by atoms with Crippen LogP contribution < -0.4 is 0 Å². The average molecular weight is 419 g/mol. The van der Waals surface area contributed by atoms with E-state index in [1.807, 2.05) is 0 Å². The smallest absolute Gasteiger partial charge is 0.323 e. The van der Waals surface area contributed by atoms with E-state index in [1.165, 1.54) is 26.4 Å². The first kappa shape index (κ1) is 21.3. The molecule has 0 fully saturated rings. The van der Waals surface area contributed by atoms with Crippen LogP contribution in [0.1, 0.15) is 45.4 Å². The number of carbonyl (C=O) groups is 2. The maximum Gasteiger partial charge on any atom is 0.323 e. The molecule has 2 aliphatic carbocycles. The highest BCUT2D eigenvalue weighted by atomic mass is 32.2. The van der Waals surface area contributed by atoms with Gasteiger partial charge in [0.1, 0.15) is 0 Å². The van der Waals surface area contributed by atoms with E-state index < -0.39 is 27.2 Å². The van der Waals surface area contributed by atoms with Crippen LogP contribution in [0, 0.1) is 5.41 Å². The molecule has 156 valence electrons. The highest BCUT2D eigenvalue weighted by Gasteiger charge is 2.56. The molecule has 7 heteroatoms. The first-order chi connectivity index (χ1) is 13.8. The summed E-state index contributed by atoms with van der Waals surface area (Å²) in [4.78, 5) is 25.7. The summed E-state index contributed by atoms with van der Waals surface area (Å²) in [5.41, 5.74) is 0.968. The molecule has 0 N–H and O–H groups in total. The number of rotatable bonds is 7. The van der Waals surface area contributed by atoms with Gasteiger partial charge in [0.15, 0.2) is 5.41 Å². The van der Waals surface area contributed by atoms with E-state index in [2.05, 4.69) is 6.92 Å². The zero-order chi connectivity index (χ0) is 21.2. The van der Waals surface area contributed by atoms with E-state index in [0.29, 0.717) is 6.42 Å². The molecule has 1 aromatic carbocycles. The minimum absolute atomic E-state index is 0.120. The topological polar surface area (TPSA) is 86.7 Å². The van der Waals surface area contributed by atoms with Gasteiger partial charge in [-0.05, 0) is 49.0 Å². The molecule has 6 nitrogen and oxygen atoms in total. The number of methoxy groups -OCH3 is 2. The Hall–Kier alpha value is -2.41. The van der Waals surface area contributed by atoms with Crippen molar-refractivity contribution in [1.82, 2.24) is 0 Å². The molecule has 0 unspecified atom stereocenters. The highest BCUT2D eigenvalue weighted by Crippen LogP contribution is 2.54. The molecule has 0 aromatic heterocycles. The summed E-state index contributed by atoms with van der Waals surface area (Å²) < 4.78 is 36.7. The molecular formula is C22H26O6S. The van der Waals surface area contributed by atoms with Gasteiger partial charge in [-0.1, -0.05) is 37.1 Å². The summed E-state index contributed by atoms with van der Waals surface area (Å²) in [6.45, 7) is 2.08. The van der Waals surface area contributed by atoms with E-state index in [9.17, 15) is 18.0 Å². The van der Waals surface area contributed by atoms with Crippen molar-refractivity contribution in [2.24, 2.45) is 5.41 Å². The molecule has 0 spiro atoms. The van der Waals surface area contributed by atoms with Crippen LogP contribution in [0.4, 0.5) is 0 Å². The van der Waals surface area contributed by atoms with Crippen molar-refractivity contribution < 1.29 is 27.5 Å². The van der Waals surface area contributed by atoms with Crippen molar-refractivity contribution in [3.63, 3.8) is 0 Å². The Bertz CT molecular complexity index is 969. The molecule has 0 bridgehead atoms. The van der Waals surface area contributed by atoms with Crippen molar-refractivity contribution >= 4 is 21.8 Å². The van der Waals surface area contributed by atoms with E-state index >= 15 is 0 Å². The molecule has 29 heavy (non-hydrogen) atoms. The Morgan fingerprint density at radius 1 is 1.00 bits per heavy atom. The van der Waals surface area contributed by atoms with Gasteiger partial charge in [-0.15, -0.1) is 0 Å². The third kappa shape index (κ3) is 3.52. The van der Waals surface area contributed by atoms with Gasteiger partial charge in [0.2, 0.25) is 9.84 Å². The van der Waals surface area contributed by atoms with Crippen LogP contribution in [-0.4, -0.2) is 34.6 Å². The van der Waals surface area contributed by atoms with E-state index in [4.69, 9.17) is 9.47 Å². The summed E-state index contributed by atoms with van der Waals surface area (Å²) in [5, 5.41) is 0. The Balaban J connectivity index is 2.19. The predicted octanol–water partition coefficient (Wildman–Crippen LogP) is 3.73. The molecule has 0 aliphatic heterocycles. The predicted molar refractivity (Wildman–Crippen MR) is 108 cm³/mol. The largest absolute Gasteiger partial charge is 0.468 e. The van der Waals surface area contributed by atoms with Crippen molar-refractivity contribution in [2.75, 3.05) is 14.2 Å². The van der Waals surface area contributed by atoms with Crippen molar-refractivity contribution in [3.8, 4) is 0 Å². The molecule has 0 heterocycles. The van der Waals surface area contributed by atoms with Gasteiger partial charge in [0.05, 0.1) is 24.0 Å². The van der Waals surface area contributed by atoms with Gasteiger partial charge in [-0.3, -0.25) is 9.59 Å². The maximum absolute atomic E-state index is 13.4. The fraction of sp³-hybridized carbons (Fsp3) is 0.455. The fourth-order valence-corrected chi connectivity index (χ4v) is 5.92. The van der Waals surface area contributed by atoms with Crippen LogP contribution in [0.3, 0.4) is 0 Å². The second-order valence-corrected chi connectivity index (χ2v) is 9.47. The Labute approximate surface area is 171 Å². The van der Waals surface area contributed by atoms with E-state index in [0.717, 1.165) is 36.0 Å². The third-order valence-corrected chi connectivity index (χ3v) is 7.75. The second kappa shape index (κ2) is 8.14. The summed E-state index contributed by atoms with van der Waals surface area (Å²) in [6, 6.07) is 8.09. The zero-order valence-corrected chi connectivity index (χ0v) is 17.8. The number of carbonyl (C=O) groups excluding carboxylic acids is 2. The standard InChI is InChI=1S/C22H26O6S/c1-4-5-9-15-12-17-18(15)13-22(20(23)27-2,21(24)28-3)14-19(17)29(25,26)16-10-7-6-8-11-16/h6-8,10-11H,4-5,9,12-14H2,1-3H3. The molecule has 2 aliphatic rings. The normalized spacial score (nSPS) is 18.0. The molecule has 0 radical (unpaired) electrons. The Kier molecular flexibility index (Phi) is 5.98. The monoisotopic (exact) mass is 418 g/mol. The molecule has 0 amide bonds. The van der Waals surface area contributed by atoms with Gasteiger partial charge >= 0.3 is 11.9 Å². The highest BCUT2D eigenvalue weighted by molar-refractivity contribution is 7.95. The van der Waals surface area contributed by atoms with Gasteiger partial charge in [-0.25, -0.2) is 8.42 Å². The Morgan fingerprint density at radius 2 is 1.62 bits per heavy atom. The van der Waals surface area contributed by atoms with Crippen molar-refractivity contribution in [2.45, 2.75) is 50.3 Å². The van der Waals surface area contributed by atoms with Gasteiger partial charge in [-0.2, -0.15) is 0 Å². The van der Waals surface area contributed by atoms with Crippen LogP contribution in [0.15, 0.2) is 56.9 Å². The number of fused-ring (bicyclic) bond motifs is 1. The van der Waals surface area contributed by atoms with Crippen LogP contribution in [0.2, 0.25) is 0 Å². The fourth-order valence-electron chi connectivity index (χ4n) is 4.17. The number of ether oxygens (including phenoxy) is 2. The number of allylic oxidation sites excluding steroid dienone is 4. The van der Waals surface area contributed by atoms with Crippen molar-refractivity contribution in [1.29, 1.82) is 0 Å². The number of esters is 2. The molecule has 0 saturated carbocycles. The lowest BCUT2D eigenvalue weighted by atomic mass is 9.65.